The zero-order valence-corrected chi connectivity index (χ0v) is 17.9. The van der Waals surface area contributed by atoms with Crippen LogP contribution in [0.2, 0.25) is 0 Å². The first kappa shape index (κ1) is 20.8. The van der Waals surface area contributed by atoms with E-state index >= 15 is 0 Å². The molecule has 0 unspecified atom stereocenters. The summed E-state index contributed by atoms with van der Waals surface area (Å²) in [7, 11) is 4.88. The van der Waals surface area contributed by atoms with Crippen LogP contribution in [0.15, 0.2) is 36.4 Å². The van der Waals surface area contributed by atoms with Crippen LogP contribution < -0.4 is 23.8 Å². The lowest BCUT2D eigenvalue weighted by atomic mass is 10.1. The SMILES string of the molecule is COc1cccc(CN(C)C(=O)[C@H]2CC(=O)N(c3ccc4c(c3)OCCO4)C2)c1OC. The summed E-state index contributed by atoms with van der Waals surface area (Å²) in [5.41, 5.74) is 1.55. The van der Waals surface area contributed by atoms with Gasteiger partial charge in [-0.2, -0.15) is 0 Å². The highest BCUT2D eigenvalue weighted by molar-refractivity contribution is 6.00. The van der Waals surface area contributed by atoms with Crippen molar-refractivity contribution in [3.63, 3.8) is 0 Å². The number of hydrogen-bond donors (Lipinski definition) is 0. The van der Waals surface area contributed by atoms with Gasteiger partial charge in [0.2, 0.25) is 11.8 Å². The van der Waals surface area contributed by atoms with Crippen molar-refractivity contribution in [2.75, 3.05) is 45.9 Å². The minimum absolute atomic E-state index is 0.0811. The van der Waals surface area contributed by atoms with Crippen molar-refractivity contribution in [3.8, 4) is 23.0 Å². The fourth-order valence-electron chi connectivity index (χ4n) is 4.05. The van der Waals surface area contributed by atoms with Crippen LogP contribution >= 0.6 is 0 Å². The van der Waals surface area contributed by atoms with Crippen molar-refractivity contribution in [1.82, 2.24) is 4.90 Å². The number of ether oxygens (including phenoxy) is 4. The Morgan fingerprint density at radius 2 is 1.90 bits per heavy atom. The third-order valence-electron chi connectivity index (χ3n) is 5.58. The van der Waals surface area contributed by atoms with Crippen LogP contribution in [-0.4, -0.2) is 57.7 Å². The standard InChI is InChI=1S/C23H26N2O6/c1-24(13-15-5-4-6-19(28-2)22(15)29-3)23(27)16-11-21(26)25(14-16)17-7-8-18-20(12-17)31-10-9-30-18/h4-8,12,16H,9-11,13-14H2,1-3H3/t16-/m0/s1. The summed E-state index contributed by atoms with van der Waals surface area (Å²) in [6, 6.07) is 11.0. The van der Waals surface area contributed by atoms with Crippen LogP contribution in [0.5, 0.6) is 23.0 Å². The van der Waals surface area contributed by atoms with Crippen molar-refractivity contribution < 1.29 is 28.5 Å². The lowest BCUT2D eigenvalue weighted by Crippen LogP contribution is -2.34. The number of fused-ring (bicyclic) bond motifs is 1. The Morgan fingerprint density at radius 1 is 1.13 bits per heavy atom. The molecule has 0 bridgehead atoms. The average molecular weight is 426 g/mol. The Hall–Kier alpha value is -3.42. The Morgan fingerprint density at radius 3 is 2.65 bits per heavy atom. The van der Waals surface area contributed by atoms with E-state index in [1.807, 2.05) is 24.3 Å². The number of amides is 2. The van der Waals surface area contributed by atoms with Gasteiger partial charge in [0, 0.05) is 43.9 Å². The molecule has 2 amide bonds. The smallest absolute Gasteiger partial charge is 0.228 e. The molecule has 0 aromatic heterocycles. The van der Waals surface area contributed by atoms with Crippen LogP contribution in [0.4, 0.5) is 5.69 Å². The van der Waals surface area contributed by atoms with Crippen molar-refractivity contribution in [1.29, 1.82) is 0 Å². The molecule has 1 atom stereocenters. The molecule has 0 spiro atoms. The Balaban J connectivity index is 1.46. The number of carbonyl (C=O) groups excluding carboxylic acids is 2. The Labute approximate surface area is 181 Å². The molecule has 2 aliphatic heterocycles. The molecule has 0 radical (unpaired) electrons. The largest absolute Gasteiger partial charge is 0.493 e. The first-order valence-electron chi connectivity index (χ1n) is 10.2. The molecule has 31 heavy (non-hydrogen) atoms. The summed E-state index contributed by atoms with van der Waals surface area (Å²) in [5, 5.41) is 0. The van der Waals surface area contributed by atoms with Gasteiger partial charge in [-0.05, 0) is 18.2 Å². The molecule has 8 nitrogen and oxygen atoms in total. The van der Waals surface area contributed by atoms with Gasteiger partial charge in [0.1, 0.15) is 13.2 Å². The average Bonchev–Trinajstić information content (AvgIpc) is 3.19. The molecule has 4 rings (SSSR count). The second kappa shape index (κ2) is 8.75. The van der Waals surface area contributed by atoms with Gasteiger partial charge in [-0.25, -0.2) is 0 Å². The van der Waals surface area contributed by atoms with Crippen LogP contribution in [0, 0.1) is 5.92 Å². The number of anilines is 1. The molecule has 0 N–H and O–H groups in total. The van der Waals surface area contributed by atoms with Gasteiger partial charge < -0.3 is 28.7 Å². The number of nitrogens with zero attached hydrogens (tertiary/aromatic N) is 2. The third kappa shape index (κ3) is 4.10. The fraction of sp³-hybridized carbons (Fsp3) is 0.391. The van der Waals surface area contributed by atoms with E-state index in [4.69, 9.17) is 18.9 Å². The lowest BCUT2D eigenvalue weighted by molar-refractivity contribution is -0.135. The number of benzene rings is 2. The van der Waals surface area contributed by atoms with Gasteiger partial charge in [-0.1, -0.05) is 12.1 Å². The van der Waals surface area contributed by atoms with Crippen LogP contribution in [-0.2, 0) is 16.1 Å². The molecule has 2 aliphatic rings. The van der Waals surface area contributed by atoms with Gasteiger partial charge >= 0.3 is 0 Å². The van der Waals surface area contributed by atoms with Crippen LogP contribution in [0.1, 0.15) is 12.0 Å². The molecule has 0 aliphatic carbocycles. The first-order valence-corrected chi connectivity index (χ1v) is 10.2. The molecule has 8 heteroatoms. The zero-order chi connectivity index (χ0) is 22.0. The lowest BCUT2D eigenvalue weighted by Gasteiger charge is -2.24. The molecule has 1 fully saturated rings. The summed E-state index contributed by atoms with van der Waals surface area (Å²) >= 11 is 0. The number of para-hydroxylation sites is 1. The second-order valence-corrected chi connectivity index (χ2v) is 7.58. The van der Waals surface area contributed by atoms with E-state index in [9.17, 15) is 9.59 Å². The van der Waals surface area contributed by atoms with Crippen LogP contribution in [0.25, 0.3) is 0 Å². The van der Waals surface area contributed by atoms with E-state index < -0.39 is 5.92 Å². The molecular weight excluding hydrogens is 400 g/mol. The highest BCUT2D eigenvalue weighted by atomic mass is 16.6. The summed E-state index contributed by atoms with van der Waals surface area (Å²) in [6.07, 6.45) is 0.173. The maximum absolute atomic E-state index is 13.1. The van der Waals surface area contributed by atoms with E-state index in [1.54, 1.807) is 43.2 Å². The van der Waals surface area contributed by atoms with Gasteiger partial charge in [0.25, 0.3) is 0 Å². The van der Waals surface area contributed by atoms with Gasteiger partial charge in [0.15, 0.2) is 23.0 Å². The van der Waals surface area contributed by atoms with Crippen molar-refractivity contribution >= 4 is 17.5 Å². The normalized spacial score (nSPS) is 17.5. The molecule has 2 heterocycles. The van der Waals surface area contributed by atoms with E-state index in [0.29, 0.717) is 55.0 Å². The van der Waals surface area contributed by atoms with Crippen molar-refractivity contribution in [2.24, 2.45) is 5.92 Å². The quantitative estimate of drug-likeness (QED) is 0.706. The summed E-state index contributed by atoms with van der Waals surface area (Å²) in [6.45, 7) is 1.67. The predicted molar refractivity (Wildman–Crippen MR) is 114 cm³/mol. The number of rotatable bonds is 6. The monoisotopic (exact) mass is 426 g/mol. The van der Waals surface area contributed by atoms with Gasteiger partial charge in [-0.15, -0.1) is 0 Å². The minimum atomic E-state index is -0.415. The maximum atomic E-state index is 13.1. The molecular formula is C23H26N2O6. The minimum Gasteiger partial charge on any atom is -0.493 e. The van der Waals surface area contributed by atoms with Gasteiger partial charge in [-0.3, -0.25) is 9.59 Å². The zero-order valence-electron chi connectivity index (χ0n) is 17.9. The van der Waals surface area contributed by atoms with Crippen LogP contribution in [0.3, 0.4) is 0 Å². The third-order valence-corrected chi connectivity index (χ3v) is 5.58. The number of methoxy groups -OCH3 is 2. The molecule has 2 aromatic carbocycles. The highest BCUT2D eigenvalue weighted by Crippen LogP contribution is 2.36. The summed E-state index contributed by atoms with van der Waals surface area (Å²) in [5.74, 6) is 1.92. The summed E-state index contributed by atoms with van der Waals surface area (Å²) in [4.78, 5) is 29.0. The fourth-order valence-corrected chi connectivity index (χ4v) is 4.05. The van der Waals surface area contributed by atoms with Crippen molar-refractivity contribution in [2.45, 2.75) is 13.0 Å². The number of carbonyl (C=O) groups is 2. The molecule has 0 saturated carbocycles. The molecule has 1 saturated heterocycles. The molecule has 2 aromatic rings. The Bertz CT molecular complexity index is 992. The van der Waals surface area contributed by atoms with Gasteiger partial charge in [0.05, 0.1) is 20.1 Å². The van der Waals surface area contributed by atoms with E-state index in [-0.39, 0.29) is 18.2 Å². The highest BCUT2D eigenvalue weighted by Gasteiger charge is 2.37. The van der Waals surface area contributed by atoms with E-state index in [0.717, 1.165) is 5.56 Å². The first-order chi connectivity index (χ1) is 15.0. The Kier molecular flexibility index (Phi) is 5.88. The van der Waals surface area contributed by atoms with E-state index in [1.165, 1.54) is 0 Å². The topological polar surface area (TPSA) is 77.5 Å². The molecule has 164 valence electrons. The predicted octanol–water partition coefficient (Wildman–Crippen LogP) is 2.49. The second-order valence-electron chi connectivity index (χ2n) is 7.58. The number of hydrogen-bond acceptors (Lipinski definition) is 6. The van der Waals surface area contributed by atoms with E-state index in [2.05, 4.69) is 0 Å². The maximum Gasteiger partial charge on any atom is 0.228 e. The summed E-state index contributed by atoms with van der Waals surface area (Å²) < 4.78 is 22.0. The van der Waals surface area contributed by atoms with Crippen molar-refractivity contribution in [3.05, 3.63) is 42.0 Å².